The van der Waals surface area contributed by atoms with E-state index in [1.807, 2.05) is 41.3 Å². The summed E-state index contributed by atoms with van der Waals surface area (Å²) in [5.74, 6) is 0.549. The number of likely N-dealkylation sites (tertiary alicyclic amines) is 1. The SMILES string of the molecule is COc1ccc(N2CC(C(=O)N3CCCC3c3cccc(Br)c3)CC2=O)cc1. The largest absolute Gasteiger partial charge is 0.497 e. The summed E-state index contributed by atoms with van der Waals surface area (Å²) < 4.78 is 6.20. The predicted molar refractivity (Wildman–Crippen MR) is 111 cm³/mol. The van der Waals surface area contributed by atoms with Crippen LogP contribution in [0.15, 0.2) is 53.0 Å². The fourth-order valence-corrected chi connectivity index (χ4v) is 4.63. The molecule has 2 aliphatic heterocycles. The molecule has 2 atom stereocenters. The second-order valence-corrected chi connectivity index (χ2v) is 8.26. The van der Waals surface area contributed by atoms with E-state index in [0.29, 0.717) is 6.54 Å². The molecule has 0 aromatic heterocycles. The number of hydrogen-bond acceptors (Lipinski definition) is 3. The van der Waals surface area contributed by atoms with E-state index in [1.165, 1.54) is 0 Å². The van der Waals surface area contributed by atoms with E-state index in [9.17, 15) is 9.59 Å². The van der Waals surface area contributed by atoms with E-state index in [0.717, 1.165) is 40.9 Å². The number of halogens is 1. The van der Waals surface area contributed by atoms with Gasteiger partial charge in [0.05, 0.1) is 19.1 Å². The van der Waals surface area contributed by atoms with Crippen LogP contribution in [0.4, 0.5) is 5.69 Å². The lowest BCUT2D eigenvalue weighted by Gasteiger charge is -2.28. The monoisotopic (exact) mass is 442 g/mol. The molecule has 0 radical (unpaired) electrons. The van der Waals surface area contributed by atoms with Gasteiger partial charge in [0.25, 0.3) is 0 Å². The molecule has 2 amide bonds. The number of methoxy groups -OCH3 is 1. The van der Waals surface area contributed by atoms with Crippen LogP contribution in [0.25, 0.3) is 0 Å². The van der Waals surface area contributed by atoms with Crippen LogP contribution in [0.2, 0.25) is 0 Å². The van der Waals surface area contributed by atoms with Gasteiger partial charge in [0.15, 0.2) is 0 Å². The molecule has 2 saturated heterocycles. The van der Waals surface area contributed by atoms with Crippen molar-refractivity contribution in [2.24, 2.45) is 5.92 Å². The van der Waals surface area contributed by atoms with Gasteiger partial charge in [-0.15, -0.1) is 0 Å². The number of carbonyl (C=O) groups excluding carboxylic acids is 2. The number of hydrogen-bond donors (Lipinski definition) is 0. The maximum absolute atomic E-state index is 13.3. The summed E-state index contributed by atoms with van der Waals surface area (Å²) in [5.41, 5.74) is 1.96. The number of nitrogens with zero attached hydrogens (tertiary/aromatic N) is 2. The van der Waals surface area contributed by atoms with Crippen LogP contribution in [0.1, 0.15) is 30.9 Å². The smallest absolute Gasteiger partial charge is 0.228 e. The first-order chi connectivity index (χ1) is 13.6. The lowest BCUT2D eigenvalue weighted by atomic mass is 10.0. The van der Waals surface area contributed by atoms with E-state index in [2.05, 4.69) is 28.1 Å². The molecule has 2 fully saturated rings. The van der Waals surface area contributed by atoms with Crippen LogP contribution >= 0.6 is 15.9 Å². The second-order valence-electron chi connectivity index (χ2n) is 7.35. The van der Waals surface area contributed by atoms with Crippen molar-refractivity contribution in [3.05, 3.63) is 58.6 Å². The van der Waals surface area contributed by atoms with Crippen molar-refractivity contribution in [2.75, 3.05) is 25.1 Å². The van der Waals surface area contributed by atoms with E-state index in [4.69, 9.17) is 4.74 Å². The van der Waals surface area contributed by atoms with Gasteiger partial charge in [-0.3, -0.25) is 9.59 Å². The standard InChI is InChI=1S/C22H23BrN2O3/c1-28-19-9-7-18(8-10-19)25-14-16(13-21(25)26)22(27)24-11-3-6-20(24)15-4-2-5-17(23)12-15/h2,4-5,7-10,12,16,20H,3,6,11,13-14H2,1H3. The van der Waals surface area contributed by atoms with E-state index < -0.39 is 0 Å². The zero-order valence-corrected chi connectivity index (χ0v) is 17.4. The molecule has 2 unspecified atom stereocenters. The summed E-state index contributed by atoms with van der Waals surface area (Å²) in [4.78, 5) is 29.5. The van der Waals surface area contributed by atoms with Crippen LogP contribution in [-0.4, -0.2) is 36.9 Å². The Labute approximate surface area is 173 Å². The minimum absolute atomic E-state index is 0.00159. The topological polar surface area (TPSA) is 49.9 Å². The normalized spacial score (nSPS) is 22.0. The number of amides is 2. The van der Waals surface area contributed by atoms with Gasteiger partial charge in [0.2, 0.25) is 11.8 Å². The van der Waals surface area contributed by atoms with Crippen molar-refractivity contribution in [1.29, 1.82) is 0 Å². The Bertz CT molecular complexity index is 884. The molecular weight excluding hydrogens is 420 g/mol. The lowest BCUT2D eigenvalue weighted by molar-refractivity contribution is -0.136. The highest BCUT2D eigenvalue weighted by Crippen LogP contribution is 2.36. The molecule has 2 aromatic carbocycles. The summed E-state index contributed by atoms with van der Waals surface area (Å²) in [7, 11) is 1.61. The Morgan fingerprint density at radius 3 is 2.68 bits per heavy atom. The molecule has 0 spiro atoms. The number of ether oxygens (including phenoxy) is 1. The average molecular weight is 443 g/mol. The predicted octanol–water partition coefficient (Wildman–Crippen LogP) is 4.17. The van der Waals surface area contributed by atoms with Gasteiger partial charge in [-0.05, 0) is 54.8 Å². The second kappa shape index (κ2) is 7.95. The number of rotatable bonds is 4. The first-order valence-corrected chi connectivity index (χ1v) is 10.4. The third-order valence-electron chi connectivity index (χ3n) is 5.63. The lowest BCUT2D eigenvalue weighted by Crippen LogP contribution is -2.37. The molecule has 2 aromatic rings. The summed E-state index contributed by atoms with van der Waals surface area (Å²) in [6.45, 7) is 1.19. The summed E-state index contributed by atoms with van der Waals surface area (Å²) >= 11 is 3.52. The number of carbonyl (C=O) groups is 2. The maximum Gasteiger partial charge on any atom is 0.228 e. The minimum Gasteiger partial charge on any atom is -0.497 e. The van der Waals surface area contributed by atoms with Gasteiger partial charge < -0.3 is 14.5 Å². The van der Waals surface area contributed by atoms with Crippen molar-refractivity contribution < 1.29 is 14.3 Å². The molecule has 4 rings (SSSR count). The molecule has 0 aliphatic carbocycles. The highest BCUT2D eigenvalue weighted by Gasteiger charge is 2.40. The van der Waals surface area contributed by atoms with Crippen LogP contribution in [0.3, 0.4) is 0 Å². The molecule has 2 aliphatic rings. The molecule has 5 nitrogen and oxygen atoms in total. The molecule has 28 heavy (non-hydrogen) atoms. The van der Waals surface area contributed by atoms with Crippen molar-refractivity contribution in [1.82, 2.24) is 4.90 Å². The van der Waals surface area contributed by atoms with E-state index in [1.54, 1.807) is 12.0 Å². The molecule has 0 bridgehead atoms. The Morgan fingerprint density at radius 2 is 1.96 bits per heavy atom. The van der Waals surface area contributed by atoms with Gasteiger partial charge in [-0.1, -0.05) is 28.1 Å². The van der Waals surface area contributed by atoms with Crippen LogP contribution in [0.5, 0.6) is 5.75 Å². The zero-order valence-electron chi connectivity index (χ0n) is 15.8. The quantitative estimate of drug-likeness (QED) is 0.713. The van der Waals surface area contributed by atoms with Crippen molar-refractivity contribution in [2.45, 2.75) is 25.3 Å². The van der Waals surface area contributed by atoms with Crippen LogP contribution in [0, 0.1) is 5.92 Å². The Morgan fingerprint density at radius 1 is 1.18 bits per heavy atom. The Balaban J connectivity index is 1.49. The first kappa shape index (κ1) is 19.0. The summed E-state index contributed by atoms with van der Waals surface area (Å²) in [5, 5.41) is 0. The van der Waals surface area contributed by atoms with Gasteiger partial charge >= 0.3 is 0 Å². The molecule has 0 N–H and O–H groups in total. The summed E-state index contributed by atoms with van der Waals surface area (Å²) in [6.07, 6.45) is 2.23. The number of anilines is 1. The van der Waals surface area contributed by atoms with Crippen molar-refractivity contribution in [3.8, 4) is 5.75 Å². The molecule has 146 valence electrons. The molecular formula is C22H23BrN2O3. The highest BCUT2D eigenvalue weighted by molar-refractivity contribution is 9.10. The van der Waals surface area contributed by atoms with Gasteiger partial charge in [0, 0.05) is 29.7 Å². The maximum atomic E-state index is 13.3. The van der Waals surface area contributed by atoms with Gasteiger partial charge in [-0.25, -0.2) is 0 Å². The van der Waals surface area contributed by atoms with E-state index in [-0.39, 0.29) is 30.2 Å². The highest BCUT2D eigenvalue weighted by atomic mass is 79.9. The van der Waals surface area contributed by atoms with Crippen LogP contribution in [-0.2, 0) is 9.59 Å². The van der Waals surface area contributed by atoms with Crippen molar-refractivity contribution in [3.63, 3.8) is 0 Å². The zero-order chi connectivity index (χ0) is 19.7. The molecule has 0 saturated carbocycles. The van der Waals surface area contributed by atoms with Crippen LogP contribution < -0.4 is 9.64 Å². The Kier molecular flexibility index (Phi) is 5.40. The molecule has 2 heterocycles. The number of benzene rings is 2. The fraction of sp³-hybridized carbons (Fsp3) is 0.364. The molecule has 6 heteroatoms. The third-order valence-corrected chi connectivity index (χ3v) is 6.12. The fourth-order valence-electron chi connectivity index (χ4n) is 4.21. The Hall–Kier alpha value is -2.34. The van der Waals surface area contributed by atoms with Gasteiger partial charge in [0.1, 0.15) is 5.75 Å². The minimum atomic E-state index is -0.289. The van der Waals surface area contributed by atoms with Gasteiger partial charge in [-0.2, -0.15) is 0 Å². The first-order valence-electron chi connectivity index (χ1n) is 9.57. The van der Waals surface area contributed by atoms with E-state index >= 15 is 0 Å². The average Bonchev–Trinajstić information content (AvgIpc) is 3.34. The summed E-state index contributed by atoms with van der Waals surface area (Å²) in [6, 6.07) is 15.6. The third kappa shape index (κ3) is 3.65. The van der Waals surface area contributed by atoms with Crippen molar-refractivity contribution >= 4 is 33.4 Å².